The summed E-state index contributed by atoms with van der Waals surface area (Å²) < 4.78 is 43.2. The lowest BCUT2D eigenvalue weighted by atomic mass is 9.83. The number of aliphatic imine (C=N–C) groups is 1. The molecule has 4 aliphatic rings. The number of carbonyl (C=O) groups excluding carboxylic acids is 1. The Morgan fingerprint density at radius 3 is 2.66 bits per heavy atom. The van der Waals surface area contributed by atoms with Gasteiger partial charge in [-0.3, -0.25) is 4.79 Å². The summed E-state index contributed by atoms with van der Waals surface area (Å²) in [6, 6.07) is 6.10. The summed E-state index contributed by atoms with van der Waals surface area (Å²) in [7, 11) is 1.95. The molecular formula is C34H44F3N5O2. The lowest BCUT2D eigenvalue weighted by Crippen LogP contribution is -2.68. The Bertz CT molecular complexity index is 1400. The predicted octanol–water partition coefficient (Wildman–Crippen LogP) is 6.13. The SMILES string of the molecule is C=C1/C=C(/C)CCC(C)C(N2CCC3(CC2)NCCN(CC2=C(CC)CN(C)C=C2c2cccc(OC(F)(F)F)c2)C3=O)=N1. The molecule has 4 aliphatic heterocycles. The van der Waals surface area contributed by atoms with E-state index >= 15 is 0 Å². The minimum Gasteiger partial charge on any atom is -0.406 e. The van der Waals surface area contributed by atoms with Gasteiger partial charge in [-0.25, -0.2) is 4.99 Å². The van der Waals surface area contributed by atoms with Crippen LogP contribution < -0.4 is 10.1 Å². The molecule has 0 radical (unpaired) electrons. The van der Waals surface area contributed by atoms with Crippen LogP contribution in [0.3, 0.4) is 0 Å². The third-order valence-corrected chi connectivity index (χ3v) is 9.26. The molecule has 10 heteroatoms. The van der Waals surface area contributed by atoms with Crippen molar-refractivity contribution in [2.24, 2.45) is 10.9 Å². The molecule has 238 valence electrons. The van der Waals surface area contributed by atoms with Gasteiger partial charge in [-0.1, -0.05) is 38.1 Å². The third kappa shape index (κ3) is 7.06. The molecular weight excluding hydrogens is 567 g/mol. The number of piperazine rings is 1. The molecule has 4 heterocycles. The number of likely N-dealkylation sites (tertiary alicyclic amines) is 1. The molecule has 1 atom stereocenters. The molecule has 1 aromatic carbocycles. The van der Waals surface area contributed by atoms with E-state index in [1.54, 1.807) is 12.1 Å². The number of nitrogens with zero attached hydrogens (tertiary/aromatic N) is 4. The maximum atomic E-state index is 14.2. The number of carbonyl (C=O) groups is 1. The van der Waals surface area contributed by atoms with Gasteiger partial charge in [0.2, 0.25) is 5.91 Å². The molecule has 7 nitrogen and oxygen atoms in total. The van der Waals surface area contributed by atoms with Crippen molar-refractivity contribution >= 4 is 17.3 Å². The molecule has 1 N–H and O–H groups in total. The molecule has 5 rings (SSSR count). The van der Waals surface area contributed by atoms with Gasteiger partial charge in [0.1, 0.15) is 17.1 Å². The molecule has 2 fully saturated rings. The fourth-order valence-electron chi connectivity index (χ4n) is 6.92. The fourth-order valence-corrected chi connectivity index (χ4v) is 6.92. The van der Waals surface area contributed by atoms with Crippen LogP contribution in [0.5, 0.6) is 5.75 Å². The van der Waals surface area contributed by atoms with Crippen LogP contribution in [0.2, 0.25) is 0 Å². The first-order chi connectivity index (χ1) is 20.9. The van der Waals surface area contributed by atoms with Crippen LogP contribution in [0.4, 0.5) is 13.2 Å². The summed E-state index contributed by atoms with van der Waals surface area (Å²) in [4.78, 5) is 25.4. The van der Waals surface area contributed by atoms with E-state index in [-0.39, 0.29) is 11.7 Å². The van der Waals surface area contributed by atoms with Gasteiger partial charge in [0, 0.05) is 64.0 Å². The van der Waals surface area contributed by atoms with Gasteiger partial charge in [-0.2, -0.15) is 0 Å². The summed E-state index contributed by atoms with van der Waals surface area (Å²) >= 11 is 0. The molecule has 0 bridgehead atoms. The number of allylic oxidation sites excluding steroid dienone is 2. The van der Waals surface area contributed by atoms with Crippen LogP contribution in [0.15, 0.2) is 70.5 Å². The number of halogens is 3. The number of ether oxygens (including phenoxy) is 1. The first-order valence-electron chi connectivity index (χ1n) is 15.6. The summed E-state index contributed by atoms with van der Waals surface area (Å²) in [5.74, 6) is 1.20. The van der Waals surface area contributed by atoms with E-state index < -0.39 is 11.9 Å². The number of alkyl halides is 3. The second-order valence-corrected chi connectivity index (χ2v) is 12.6. The Kier molecular flexibility index (Phi) is 9.30. The molecule has 2 saturated heterocycles. The molecule has 0 saturated carbocycles. The van der Waals surface area contributed by atoms with E-state index in [1.807, 2.05) is 23.0 Å². The highest BCUT2D eigenvalue weighted by Gasteiger charge is 2.46. The molecule has 1 aromatic rings. The Labute approximate surface area is 258 Å². The molecule has 1 unspecified atom stereocenters. The normalized spacial score (nSPS) is 24.5. The second kappa shape index (κ2) is 12.8. The van der Waals surface area contributed by atoms with E-state index in [9.17, 15) is 18.0 Å². The van der Waals surface area contributed by atoms with Crippen molar-refractivity contribution in [2.45, 2.75) is 64.8 Å². The highest BCUT2D eigenvalue weighted by molar-refractivity contribution is 5.90. The quantitative estimate of drug-likeness (QED) is 0.434. The first-order valence-corrected chi connectivity index (χ1v) is 15.6. The first kappa shape index (κ1) is 31.9. The minimum atomic E-state index is -4.77. The third-order valence-electron chi connectivity index (χ3n) is 9.26. The zero-order chi connectivity index (χ0) is 31.6. The van der Waals surface area contributed by atoms with Crippen LogP contribution in [0.1, 0.15) is 58.4 Å². The molecule has 0 aromatic heterocycles. The average molecular weight is 612 g/mol. The summed E-state index contributed by atoms with van der Waals surface area (Å²) in [6.07, 6.45) is 3.44. The van der Waals surface area contributed by atoms with Crippen molar-refractivity contribution in [3.63, 3.8) is 0 Å². The highest BCUT2D eigenvalue weighted by Crippen LogP contribution is 2.36. The number of amidine groups is 1. The maximum Gasteiger partial charge on any atom is 0.573 e. The van der Waals surface area contributed by atoms with Gasteiger partial charge in [0.05, 0.1) is 5.70 Å². The van der Waals surface area contributed by atoms with Crippen molar-refractivity contribution in [2.75, 3.05) is 46.3 Å². The Morgan fingerprint density at radius 1 is 1.20 bits per heavy atom. The van der Waals surface area contributed by atoms with Crippen molar-refractivity contribution in [3.05, 3.63) is 71.1 Å². The van der Waals surface area contributed by atoms with Crippen LogP contribution in [0.25, 0.3) is 5.57 Å². The van der Waals surface area contributed by atoms with E-state index in [0.29, 0.717) is 50.5 Å². The lowest BCUT2D eigenvalue weighted by Gasteiger charge is -2.48. The van der Waals surface area contributed by atoms with Crippen LogP contribution in [-0.4, -0.2) is 84.7 Å². The summed E-state index contributed by atoms with van der Waals surface area (Å²) in [5, 5.41) is 3.58. The Morgan fingerprint density at radius 2 is 1.95 bits per heavy atom. The minimum absolute atomic E-state index is 0.0920. The number of benzene rings is 1. The average Bonchev–Trinajstić information content (AvgIpc) is 2.97. The number of nitrogens with one attached hydrogen (secondary N) is 1. The van der Waals surface area contributed by atoms with Crippen molar-refractivity contribution in [1.82, 2.24) is 20.0 Å². The van der Waals surface area contributed by atoms with E-state index in [1.165, 1.54) is 23.3 Å². The summed E-state index contributed by atoms with van der Waals surface area (Å²) in [6.45, 7) is 14.4. The van der Waals surface area contributed by atoms with E-state index in [4.69, 9.17) is 4.99 Å². The highest BCUT2D eigenvalue weighted by atomic mass is 19.4. The second-order valence-electron chi connectivity index (χ2n) is 12.6. The van der Waals surface area contributed by atoms with Crippen molar-refractivity contribution < 1.29 is 22.7 Å². The molecule has 44 heavy (non-hydrogen) atoms. The monoisotopic (exact) mass is 611 g/mol. The number of hydrogen-bond acceptors (Lipinski definition) is 6. The van der Waals surface area contributed by atoms with Gasteiger partial charge in [-0.05, 0) is 73.9 Å². The van der Waals surface area contributed by atoms with E-state index in [2.05, 4.69) is 48.4 Å². The number of likely N-dealkylation sites (N-methyl/N-ethyl adjacent to an activating group) is 1. The number of rotatable bonds is 5. The molecule has 1 spiro atoms. The smallest absolute Gasteiger partial charge is 0.406 e. The van der Waals surface area contributed by atoms with Crippen LogP contribution in [-0.2, 0) is 4.79 Å². The predicted molar refractivity (Wildman–Crippen MR) is 168 cm³/mol. The summed E-state index contributed by atoms with van der Waals surface area (Å²) in [5.41, 5.74) is 5.05. The van der Waals surface area contributed by atoms with Crippen LogP contribution >= 0.6 is 0 Å². The number of hydrogen-bond donors (Lipinski definition) is 1. The van der Waals surface area contributed by atoms with Gasteiger partial charge in [-0.15, -0.1) is 13.2 Å². The van der Waals surface area contributed by atoms with Crippen LogP contribution in [0, 0.1) is 5.92 Å². The van der Waals surface area contributed by atoms with E-state index in [0.717, 1.165) is 55.0 Å². The van der Waals surface area contributed by atoms with Gasteiger partial charge in [0.25, 0.3) is 0 Å². The zero-order valence-corrected chi connectivity index (χ0v) is 26.3. The Hall–Kier alpha value is -3.53. The zero-order valence-electron chi connectivity index (χ0n) is 26.3. The van der Waals surface area contributed by atoms with Crippen molar-refractivity contribution in [3.8, 4) is 5.75 Å². The maximum absolute atomic E-state index is 14.2. The van der Waals surface area contributed by atoms with Gasteiger partial charge in [0.15, 0.2) is 0 Å². The largest absolute Gasteiger partial charge is 0.573 e. The molecule has 0 aliphatic carbocycles. The number of amides is 1. The molecule has 1 amide bonds. The lowest BCUT2D eigenvalue weighted by molar-refractivity contribution is -0.274. The topological polar surface area (TPSA) is 60.4 Å². The van der Waals surface area contributed by atoms with Gasteiger partial charge < -0.3 is 24.8 Å². The van der Waals surface area contributed by atoms with Crippen molar-refractivity contribution in [1.29, 1.82) is 0 Å². The Balaban J connectivity index is 1.35. The standard InChI is InChI=1S/C34H44F3N5O2/c1-6-26-20-40(5)21-29(27-8-7-9-28(19-27)44-34(35,36)37)30(26)22-42-17-14-38-33(32(42)43)12-15-41(16-13-33)31-24(3)11-10-23(2)18-25(4)39-31/h7-9,18-19,21,24,38H,4,6,10-17,20,22H2,1-3,5H3/b23-18-,39-31?. The van der Waals surface area contributed by atoms with Gasteiger partial charge >= 0.3 is 6.36 Å². The number of piperidine rings is 1. The fraction of sp³-hybridized carbons (Fsp3) is 0.529.